The topological polar surface area (TPSA) is 27.7 Å². The number of ether oxygens (including phenoxy) is 1. The summed E-state index contributed by atoms with van der Waals surface area (Å²) in [5, 5.41) is 3.31. The van der Waals surface area contributed by atoms with E-state index in [9.17, 15) is 0 Å². The molecule has 0 aliphatic carbocycles. The van der Waals surface area contributed by atoms with Crippen LogP contribution in [-0.4, -0.2) is 76.4 Å². The van der Waals surface area contributed by atoms with Crippen molar-refractivity contribution < 1.29 is 4.74 Å². The highest BCUT2D eigenvalue weighted by Crippen LogP contribution is 2.13. The van der Waals surface area contributed by atoms with E-state index in [-0.39, 0.29) is 0 Å². The lowest BCUT2D eigenvalue weighted by atomic mass is 10.0. The smallest absolute Gasteiger partial charge is 0.0628 e. The third-order valence-electron chi connectivity index (χ3n) is 3.47. The molecule has 0 bridgehead atoms. The van der Waals surface area contributed by atoms with Crippen LogP contribution < -0.4 is 5.32 Å². The second-order valence-corrected chi connectivity index (χ2v) is 4.96. The third-order valence-corrected chi connectivity index (χ3v) is 3.47. The lowest BCUT2D eigenvalue weighted by Crippen LogP contribution is -2.50. The van der Waals surface area contributed by atoms with Crippen molar-refractivity contribution in [2.45, 2.75) is 24.9 Å². The fraction of sp³-hybridized carbons (Fsp3) is 1.00. The second-order valence-electron chi connectivity index (χ2n) is 4.96. The Kier molecular flexibility index (Phi) is 6.28. The number of methoxy groups -OCH3 is 1. The van der Waals surface area contributed by atoms with Crippen molar-refractivity contribution >= 4 is 0 Å². The molecule has 96 valence electrons. The summed E-state index contributed by atoms with van der Waals surface area (Å²) in [6.45, 7) is 4.30. The lowest BCUT2D eigenvalue weighted by molar-refractivity contribution is 0.0999. The van der Waals surface area contributed by atoms with E-state index in [0.29, 0.717) is 12.1 Å². The van der Waals surface area contributed by atoms with Crippen LogP contribution in [0.4, 0.5) is 0 Å². The Morgan fingerprint density at radius 1 is 1.50 bits per heavy atom. The molecule has 4 heteroatoms. The number of rotatable bonds is 6. The molecule has 1 rings (SSSR count). The minimum Gasteiger partial charge on any atom is -0.383 e. The van der Waals surface area contributed by atoms with Gasteiger partial charge in [0.25, 0.3) is 0 Å². The van der Waals surface area contributed by atoms with Crippen LogP contribution in [0.3, 0.4) is 0 Å². The van der Waals surface area contributed by atoms with E-state index in [2.05, 4.69) is 29.2 Å². The maximum atomic E-state index is 5.21. The minimum absolute atomic E-state index is 0.450. The molecule has 1 heterocycles. The maximum Gasteiger partial charge on any atom is 0.0628 e. The van der Waals surface area contributed by atoms with Gasteiger partial charge in [-0.15, -0.1) is 0 Å². The molecule has 2 atom stereocenters. The largest absolute Gasteiger partial charge is 0.383 e. The summed E-state index contributed by atoms with van der Waals surface area (Å²) in [5.74, 6) is 0. The predicted octanol–water partition coefficient (Wildman–Crippen LogP) is 0.247. The molecule has 1 N–H and O–H groups in total. The van der Waals surface area contributed by atoms with Gasteiger partial charge < -0.3 is 19.9 Å². The molecule has 0 aromatic rings. The summed E-state index contributed by atoms with van der Waals surface area (Å²) in [7, 11) is 8.14. The number of nitrogens with zero attached hydrogens (tertiary/aromatic N) is 2. The van der Waals surface area contributed by atoms with Crippen LogP contribution in [0, 0.1) is 0 Å². The van der Waals surface area contributed by atoms with Gasteiger partial charge in [-0.05, 0) is 40.5 Å². The van der Waals surface area contributed by atoms with Gasteiger partial charge in [-0.3, -0.25) is 0 Å². The Hall–Kier alpha value is -0.160. The van der Waals surface area contributed by atoms with Crippen LogP contribution in [0.1, 0.15) is 12.8 Å². The Morgan fingerprint density at radius 3 is 2.81 bits per heavy atom. The highest BCUT2D eigenvalue weighted by Gasteiger charge is 2.22. The monoisotopic (exact) mass is 229 g/mol. The Balaban J connectivity index is 2.35. The van der Waals surface area contributed by atoms with E-state index >= 15 is 0 Å². The van der Waals surface area contributed by atoms with E-state index < -0.39 is 0 Å². The van der Waals surface area contributed by atoms with Crippen molar-refractivity contribution in [3.05, 3.63) is 0 Å². The first kappa shape index (κ1) is 13.9. The minimum atomic E-state index is 0.450. The van der Waals surface area contributed by atoms with Crippen LogP contribution in [0.5, 0.6) is 0 Å². The molecule has 0 aromatic heterocycles. The normalized spacial score (nSPS) is 24.9. The molecule has 1 aliphatic rings. The van der Waals surface area contributed by atoms with Crippen molar-refractivity contribution in [1.29, 1.82) is 0 Å². The molecular weight excluding hydrogens is 202 g/mol. The zero-order valence-electron chi connectivity index (χ0n) is 11.2. The lowest BCUT2D eigenvalue weighted by Gasteiger charge is -2.37. The fourth-order valence-electron chi connectivity index (χ4n) is 2.36. The third kappa shape index (κ3) is 4.37. The van der Waals surface area contributed by atoms with Gasteiger partial charge >= 0.3 is 0 Å². The first-order valence-electron chi connectivity index (χ1n) is 6.22. The molecule has 1 saturated heterocycles. The van der Waals surface area contributed by atoms with Gasteiger partial charge in [-0.25, -0.2) is 0 Å². The fourth-order valence-corrected chi connectivity index (χ4v) is 2.36. The van der Waals surface area contributed by atoms with Crippen molar-refractivity contribution in [3.63, 3.8) is 0 Å². The average Bonchev–Trinajstić information content (AvgIpc) is 2.29. The molecule has 16 heavy (non-hydrogen) atoms. The SMILES string of the molecule is CNC(COC)CN1CCCC(N(C)C)C1. The molecular formula is C12H27N3O. The second kappa shape index (κ2) is 7.22. The molecule has 0 spiro atoms. The van der Waals surface area contributed by atoms with E-state index in [1.54, 1.807) is 7.11 Å². The number of piperidine rings is 1. The molecule has 2 unspecified atom stereocenters. The van der Waals surface area contributed by atoms with Crippen LogP contribution in [0.25, 0.3) is 0 Å². The van der Waals surface area contributed by atoms with Crippen molar-refractivity contribution in [2.24, 2.45) is 0 Å². The zero-order valence-corrected chi connectivity index (χ0v) is 11.2. The van der Waals surface area contributed by atoms with E-state index in [1.807, 2.05) is 7.05 Å². The molecule has 0 saturated carbocycles. The first-order chi connectivity index (χ1) is 7.67. The summed E-state index contributed by atoms with van der Waals surface area (Å²) >= 11 is 0. The zero-order chi connectivity index (χ0) is 12.0. The Morgan fingerprint density at radius 2 is 2.25 bits per heavy atom. The molecule has 1 aliphatic heterocycles. The molecule has 1 fully saturated rings. The number of likely N-dealkylation sites (N-methyl/N-ethyl adjacent to an activating group) is 2. The highest BCUT2D eigenvalue weighted by molar-refractivity contribution is 4.80. The number of hydrogen-bond donors (Lipinski definition) is 1. The average molecular weight is 229 g/mol. The summed E-state index contributed by atoms with van der Waals surface area (Å²) in [4.78, 5) is 4.89. The molecule has 0 amide bonds. The van der Waals surface area contributed by atoms with Crippen LogP contribution >= 0.6 is 0 Å². The van der Waals surface area contributed by atoms with Crippen molar-refractivity contribution in [1.82, 2.24) is 15.1 Å². The first-order valence-corrected chi connectivity index (χ1v) is 6.22. The number of likely N-dealkylation sites (tertiary alicyclic amines) is 1. The molecule has 0 radical (unpaired) electrons. The van der Waals surface area contributed by atoms with Gasteiger partial charge in [0.1, 0.15) is 0 Å². The number of nitrogens with one attached hydrogen (secondary N) is 1. The summed E-state index contributed by atoms with van der Waals surface area (Å²) < 4.78 is 5.21. The van der Waals surface area contributed by atoms with E-state index in [4.69, 9.17) is 4.74 Å². The van der Waals surface area contributed by atoms with Crippen molar-refractivity contribution in [3.8, 4) is 0 Å². The number of hydrogen-bond acceptors (Lipinski definition) is 4. The molecule has 4 nitrogen and oxygen atoms in total. The summed E-state index contributed by atoms with van der Waals surface area (Å²) in [6.07, 6.45) is 2.64. The van der Waals surface area contributed by atoms with E-state index in [1.165, 1.54) is 25.9 Å². The van der Waals surface area contributed by atoms with Gasteiger partial charge in [0.15, 0.2) is 0 Å². The molecule has 0 aromatic carbocycles. The van der Waals surface area contributed by atoms with Crippen LogP contribution in [0.15, 0.2) is 0 Å². The van der Waals surface area contributed by atoms with Gasteiger partial charge in [0.2, 0.25) is 0 Å². The van der Waals surface area contributed by atoms with Crippen molar-refractivity contribution in [2.75, 3.05) is 54.5 Å². The van der Waals surface area contributed by atoms with Gasteiger partial charge in [-0.2, -0.15) is 0 Å². The maximum absolute atomic E-state index is 5.21. The van der Waals surface area contributed by atoms with Gasteiger partial charge in [0.05, 0.1) is 6.61 Å². The Bertz CT molecular complexity index is 187. The van der Waals surface area contributed by atoms with Gasteiger partial charge in [0, 0.05) is 32.3 Å². The summed E-state index contributed by atoms with van der Waals surface area (Å²) in [6, 6.07) is 1.17. The quantitative estimate of drug-likeness (QED) is 0.706. The standard InChI is InChI=1S/C12H27N3O/c1-13-11(10-16-4)8-15-7-5-6-12(9-15)14(2)3/h11-13H,5-10H2,1-4H3. The van der Waals surface area contributed by atoms with Gasteiger partial charge in [-0.1, -0.05) is 0 Å². The predicted molar refractivity (Wildman–Crippen MR) is 67.9 cm³/mol. The van der Waals surface area contributed by atoms with Crippen LogP contribution in [0.2, 0.25) is 0 Å². The highest BCUT2D eigenvalue weighted by atomic mass is 16.5. The van der Waals surface area contributed by atoms with E-state index in [0.717, 1.165) is 13.2 Å². The van der Waals surface area contributed by atoms with Crippen LogP contribution in [-0.2, 0) is 4.74 Å². The Labute approximate surface area is 99.9 Å². The summed E-state index contributed by atoms with van der Waals surface area (Å²) in [5.41, 5.74) is 0.